The number of ether oxygens (including phenoxy) is 2. The summed E-state index contributed by atoms with van der Waals surface area (Å²) in [6.45, 7) is 1.89. The van der Waals surface area contributed by atoms with Crippen molar-refractivity contribution in [3.05, 3.63) is 0 Å². The van der Waals surface area contributed by atoms with E-state index in [0.717, 1.165) is 25.9 Å². The molecule has 100 valence electrons. The summed E-state index contributed by atoms with van der Waals surface area (Å²) in [6, 6.07) is 0.502. The van der Waals surface area contributed by atoms with Gasteiger partial charge in [0, 0.05) is 19.7 Å². The topological polar surface area (TPSA) is 80.6 Å². The predicted molar refractivity (Wildman–Crippen MR) is 65.0 cm³/mol. The molecule has 1 aliphatic rings. The molecule has 1 aliphatic heterocycles. The molecule has 1 N–H and O–H groups in total. The molecule has 0 saturated carbocycles. The Balaban J connectivity index is 2.13. The molecule has 0 bridgehead atoms. The largest absolute Gasteiger partial charge is 0.467 e. The van der Waals surface area contributed by atoms with Gasteiger partial charge in [0.1, 0.15) is 0 Å². The van der Waals surface area contributed by atoms with Crippen molar-refractivity contribution in [2.45, 2.75) is 12.8 Å². The number of piperidine rings is 1. The van der Waals surface area contributed by atoms with Gasteiger partial charge < -0.3 is 19.5 Å². The second kappa shape index (κ2) is 5.81. The van der Waals surface area contributed by atoms with Crippen molar-refractivity contribution < 1.29 is 14.6 Å². The Kier molecular flexibility index (Phi) is 4.14. The zero-order valence-electron chi connectivity index (χ0n) is 10.7. The summed E-state index contributed by atoms with van der Waals surface area (Å²) in [5, 5.41) is 9.11. The van der Waals surface area contributed by atoms with Crippen molar-refractivity contribution in [2.75, 3.05) is 38.8 Å². The minimum atomic E-state index is 0.248. The van der Waals surface area contributed by atoms with E-state index in [4.69, 9.17) is 14.6 Å². The highest BCUT2D eigenvalue weighted by atomic mass is 16.5. The number of hydrogen-bond acceptors (Lipinski definition) is 7. The van der Waals surface area contributed by atoms with Gasteiger partial charge in [-0.05, 0) is 18.8 Å². The fraction of sp³-hybridized carbons (Fsp3) is 0.727. The fourth-order valence-electron chi connectivity index (χ4n) is 1.97. The van der Waals surface area contributed by atoms with Crippen LogP contribution in [0.4, 0.5) is 5.95 Å². The van der Waals surface area contributed by atoms with Gasteiger partial charge in [0.15, 0.2) is 0 Å². The Morgan fingerprint density at radius 2 is 1.67 bits per heavy atom. The third-order valence-corrected chi connectivity index (χ3v) is 3.10. The van der Waals surface area contributed by atoms with Crippen molar-refractivity contribution in [2.24, 2.45) is 5.92 Å². The molecule has 0 aromatic carbocycles. The van der Waals surface area contributed by atoms with Crippen LogP contribution in [-0.4, -0.2) is 54.0 Å². The molecule has 7 nitrogen and oxygen atoms in total. The van der Waals surface area contributed by atoms with Gasteiger partial charge in [-0.3, -0.25) is 0 Å². The van der Waals surface area contributed by atoms with Crippen molar-refractivity contribution >= 4 is 5.95 Å². The van der Waals surface area contributed by atoms with Crippen LogP contribution in [0.3, 0.4) is 0 Å². The normalized spacial score (nSPS) is 16.7. The molecule has 7 heteroatoms. The first-order valence-corrected chi connectivity index (χ1v) is 5.96. The first-order chi connectivity index (χ1) is 8.76. The van der Waals surface area contributed by atoms with E-state index in [-0.39, 0.29) is 18.6 Å². The summed E-state index contributed by atoms with van der Waals surface area (Å²) in [6.07, 6.45) is 1.87. The maximum atomic E-state index is 9.11. The molecule has 1 aromatic heterocycles. The molecule has 2 heterocycles. The van der Waals surface area contributed by atoms with Gasteiger partial charge >= 0.3 is 12.0 Å². The summed E-state index contributed by atoms with van der Waals surface area (Å²) >= 11 is 0. The number of aromatic nitrogens is 3. The fourth-order valence-corrected chi connectivity index (χ4v) is 1.97. The van der Waals surface area contributed by atoms with Crippen molar-refractivity contribution in [3.63, 3.8) is 0 Å². The van der Waals surface area contributed by atoms with Crippen LogP contribution >= 0.6 is 0 Å². The van der Waals surface area contributed by atoms with E-state index >= 15 is 0 Å². The number of nitrogens with zero attached hydrogens (tertiary/aromatic N) is 4. The van der Waals surface area contributed by atoms with Crippen LogP contribution in [0.25, 0.3) is 0 Å². The van der Waals surface area contributed by atoms with Crippen LogP contribution in [0.15, 0.2) is 0 Å². The third-order valence-electron chi connectivity index (χ3n) is 3.10. The summed E-state index contributed by atoms with van der Waals surface area (Å²) in [5.74, 6) is 0.946. The lowest BCUT2D eigenvalue weighted by Gasteiger charge is -2.31. The highest BCUT2D eigenvalue weighted by Crippen LogP contribution is 2.22. The Morgan fingerprint density at radius 3 is 2.11 bits per heavy atom. The van der Waals surface area contributed by atoms with Crippen molar-refractivity contribution in [1.29, 1.82) is 0 Å². The standard InChI is InChI=1S/C11H18N4O3/c1-17-10-12-9(13-11(14-10)18-2)15-5-3-8(7-16)4-6-15/h8,16H,3-7H2,1-2H3. The van der Waals surface area contributed by atoms with Gasteiger partial charge in [-0.15, -0.1) is 4.98 Å². The van der Waals surface area contributed by atoms with E-state index in [2.05, 4.69) is 19.9 Å². The predicted octanol–water partition coefficient (Wildman–Crippen LogP) is 0.0975. The number of rotatable bonds is 4. The average molecular weight is 254 g/mol. The maximum absolute atomic E-state index is 9.11. The van der Waals surface area contributed by atoms with E-state index in [1.54, 1.807) is 0 Å². The Hall–Kier alpha value is -1.63. The van der Waals surface area contributed by atoms with Gasteiger partial charge in [0.25, 0.3) is 0 Å². The van der Waals surface area contributed by atoms with E-state index in [1.807, 2.05) is 0 Å². The molecule has 0 amide bonds. The highest BCUT2D eigenvalue weighted by molar-refractivity contribution is 5.32. The minimum absolute atomic E-state index is 0.248. The number of anilines is 1. The van der Waals surface area contributed by atoms with E-state index < -0.39 is 0 Å². The number of aliphatic hydroxyl groups is 1. The maximum Gasteiger partial charge on any atom is 0.324 e. The second-order valence-corrected chi connectivity index (χ2v) is 4.22. The first kappa shape index (κ1) is 12.8. The summed E-state index contributed by atoms with van der Waals surface area (Å²) in [5.41, 5.74) is 0. The summed E-state index contributed by atoms with van der Waals surface area (Å²) < 4.78 is 10.0. The lowest BCUT2D eigenvalue weighted by Crippen LogP contribution is -2.36. The smallest absolute Gasteiger partial charge is 0.324 e. The minimum Gasteiger partial charge on any atom is -0.467 e. The van der Waals surface area contributed by atoms with Crippen molar-refractivity contribution in [1.82, 2.24) is 15.0 Å². The number of methoxy groups -OCH3 is 2. The van der Waals surface area contributed by atoms with Crippen LogP contribution in [0.2, 0.25) is 0 Å². The molecule has 0 aliphatic carbocycles. The monoisotopic (exact) mass is 254 g/mol. The highest BCUT2D eigenvalue weighted by Gasteiger charge is 2.21. The average Bonchev–Trinajstić information content (AvgIpc) is 2.46. The molecule has 1 fully saturated rings. The molecule has 1 aromatic rings. The molecular weight excluding hydrogens is 236 g/mol. The summed E-state index contributed by atoms with van der Waals surface area (Å²) in [7, 11) is 3.02. The van der Waals surface area contributed by atoms with Gasteiger partial charge in [-0.2, -0.15) is 9.97 Å². The van der Waals surface area contributed by atoms with E-state index in [1.165, 1.54) is 14.2 Å². The molecule has 2 rings (SSSR count). The van der Waals surface area contributed by atoms with Gasteiger partial charge in [-0.25, -0.2) is 0 Å². The molecule has 18 heavy (non-hydrogen) atoms. The number of aliphatic hydroxyl groups excluding tert-OH is 1. The van der Waals surface area contributed by atoms with Crippen LogP contribution in [0.5, 0.6) is 12.0 Å². The molecule has 0 atom stereocenters. The lowest BCUT2D eigenvalue weighted by atomic mass is 9.98. The molecule has 0 radical (unpaired) electrons. The van der Waals surface area contributed by atoms with Crippen molar-refractivity contribution in [3.8, 4) is 12.0 Å². The molecule has 0 unspecified atom stereocenters. The Bertz CT molecular complexity index is 372. The Labute approximate surface area is 106 Å². The van der Waals surface area contributed by atoms with Crippen LogP contribution in [0.1, 0.15) is 12.8 Å². The molecule has 0 spiro atoms. The van der Waals surface area contributed by atoms with Crippen LogP contribution < -0.4 is 14.4 Å². The summed E-state index contributed by atoms with van der Waals surface area (Å²) in [4.78, 5) is 14.4. The SMILES string of the molecule is COc1nc(OC)nc(N2CCC(CO)CC2)n1. The zero-order chi connectivity index (χ0) is 13.0. The second-order valence-electron chi connectivity index (χ2n) is 4.22. The Morgan fingerprint density at radius 1 is 1.11 bits per heavy atom. The third kappa shape index (κ3) is 2.79. The van der Waals surface area contributed by atoms with Crippen LogP contribution in [0, 0.1) is 5.92 Å². The van der Waals surface area contributed by atoms with E-state index in [0.29, 0.717) is 11.9 Å². The van der Waals surface area contributed by atoms with Gasteiger partial charge in [0.05, 0.1) is 14.2 Å². The lowest BCUT2D eigenvalue weighted by molar-refractivity contribution is 0.202. The number of hydrogen-bond donors (Lipinski definition) is 1. The van der Waals surface area contributed by atoms with Gasteiger partial charge in [0.2, 0.25) is 5.95 Å². The first-order valence-electron chi connectivity index (χ1n) is 5.96. The van der Waals surface area contributed by atoms with Gasteiger partial charge in [-0.1, -0.05) is 0 Å². The molecular formula is C11H18N4O3. The van der Waals surface area contributed by atoms with E-state index in [9.17, 15) is 0 Å². The zero-order valence-corrected chi connectivity index (χ0v) is 10.7. The van der Waals surface area contributed by atoms with Crippen LogP contribution in [-0.2, 0) is 0 Å². The molecule has 1 saturated heterocycles. The quantitative estimate of drug-likeness (QED) is 0.816.